The first-order valence-corrected chi connectivity index (χ1v) is 8.56. The maximum Gasteiger partial charge on any atom is 0.331 e. The van der Waals surface area contributed by atoms with Crippen LogP contribution in [0.5, 0.6) is 0 Å². The second-order valence-corrected chi connectivity index (χ2v) is 6.11. The summed E-state index contributed by atoms with van der Waals surface area (Å²) in [4.78, 5) is 30.1. The van der Waals surface area contributed by atoms with Crippen molar-refractivity contribution in [2.45, 2.75) is 19.6 Å². The summed E-state index contributed by atoms with van der Waals surface area (Å²) >= 11 is 0. The van der Waals surface area contributed by atoms with Crippen LogP contribution in [0.1, 0.15) is 18.4 Å². The molecule has 0 saturated carbocycles. The Morgan fingerprint density at radius 1 is 1.15 bits per heavy atom. The Morgan fingerprint density at radius 3 is 2.59 bits per heavy atom. The highest BCUT2D eigenvalue weighted by atomic mass is 16.5. The summed E-state index contributed by atoms with van der Waals surface area (Å²) in [5, 5.41) is 0. The van der Waals surface area contributed by atoms with Crippen molar-refractivity contribution in [2.24, 2.45) is 0 Å². The van der Waals surface area contributed by atoms with E-state index < -0.39 is 12.1 Å². The number of benzene rings is 2. The Hall–Kier alpha value is -3.41. The highest BCUT2D eigenvalue weighted by molar-refractivity contribution is 5.90. The molecule has 0 bridgehead atoms. The monoisotopic (exact) mass is 364 g/mol. The molecule has 2 aromatic carbocycles. The quantitative estimate of drug-likeness (QED) is 0.495. The molecule has 6 heteroatoms. The number of aromatic nitrogens is 1. The van der Waals surface area contributed by atoms with Crippen LogP contribution >= 0.6 is 0 Å². The highest BCUT2D eigenvalue weighted by Crippen LogP contribution is 2.15. The minimum absolute atomic E-state index is 0.275. The van der Waals surface area contributed by atoms with E-state index in [0.717, 1.165) is 5.56 Å². The zero-order valence-corrected chi connectivity index (χ0v) is 15.2. The van der Waals surface area contributed by atoms with E-state index in [1.165, 1.54) is 17.1 Å². The standard InChI is InChI=1S/C21H20N2O4/c1-15(21(25)23(2)14-16-8-4-3-5-9-16)26-20(24)13-12-19-22-17-10-6-7-11-18(17)27-19/h3-13,15H,14H2,1-2H3/b13-12+/t15-/m0/s1. The van der Waals surface area contributed by atoms with E-state index in [9.17, 15) is 9.59 Å². The number of carbonyl (C=O) groups excluding carboxylic acids is 2. The van der Waals surface area contributed by atoms with Crippen LogP contribution in [-0.2, 0) is 20.9 Å². The molecular formula is C21H20N2O4. The van der Waals surface area contributed by atoms with E-state index in [2.05, 4.69) is 4.98 Å². The van der Waals surface area contributed by atoms with Gasteiger partial charge < -0.3 is 14.1 Å². The van der Waals surface area contributed by atoms with Crippen molar-refractivity contribution in [3.63, 3.8) is 0 Å². The third-order valence-electron chi connectivity index (χ3n) is 3.95. The fourth-order valence-electron chi connectivity index (χ4n) is 2.61. The first-order valence-electron chi connectivity index (χ1n) is 8.56. The van der Waals surface area contributed by atoms with Crippen molar-refractivity contribution in [3.05, 3.63) is 72.1 Å². The molecule has 3 rings (SSSR count). The fourth-order valence-corrected chi connectivity index (χ4v) is 2.61. The Kier molecular flexibility index (Phi) is 5.66. The third kappa shape index (κ3) is 4.82. The number of para-hydroxylation sites is 2. The number of ether oxygens (including phenoxy) is 1. The number of rotatable bonds is 6. The van der Waals surface area contributed by atoms with Crippen LogP contribution in [-0.4, -0.2) is 34.9 Å². The van der Waals surface area contributed by atoms with Crippen LogP contribution in [0.4, 0.5) is 0 Å². The predicted molar refractivity (Wildman–Crippen MR) is 102 cm³/mol. The van der Waals surface area contributed by atoms with Crippen LogP contribution in [0, 0.1) is 0 Å². The summed E-state index contributed by atoms with van der Waals surface area (Å²) in [6, 6.07) is 16.9. The molecule has 0 aliphatic carbocycles. The van der Waals surface area contributed by atoms with Gasteiger partial charge in [-0.1, -0.05) is 42.5 Å². The van der Waals surface area contributed by atoms with Gasteiger partial charge >= 0.3 is 5.97 Å². The molecule has 1 aromatic heterocycles. The number of esters is 1. The van der Waals surface area contributed by atoms with Gasteiger partial charge in [-0.15, -0.1) is 0 Å². The molecule has 0 saturated heterocycles. The predicted octanol–water partition coefficient (Wildman–Crippen LogP) is 3.43. The number of carbonyl (C=O) groups is 2. The average Bonchev–Trinajstić information content (AvgIpc) is 3.09. The lowest BCUT2D eigenvalue weighted by Gasteiger charge is -2.21. The molecule has 0 fully saturated rings. The molecular weight excluding hydrogens is 344 g/mol. The Labute approximate surface area is 157 Å². The lowest BCUT2D eigenvalue weighted by molar-refractivity contribution is -0.154. The lowest BCUT2D eigenvalue weighted by atomic mass is 10.2. The summed E-state index contributed by atoms with van der Waals surface area (Å²) in [5.74, 6) is -0.609. The normalized spacial score (nSPS) is 12.2. The van der Waals surface area contributed by atoms with Crippen LogP contribution in [0.15, 0.2) is 65.1 Å². The minimum Gasteiger partial charge on any atom is -0.449 e. The van der Waals surface area contributed by atoms with Gasteiger partial charge in [-0.05, 0) is 24.6 Å². The van der Waals surface area contributed by atoms with Crippen molar-refractivity contribution >= 4 is 29.1 Å². The largest absolute Gasteiger partial charge is 0.449 e. The molecule has 0 spiro atoms. The molecule has 27 heavy (non-hydrogen) atoms. The number of hydrogen-bond acceptors (Lipinski definition) is 5. The second kappa shape index (κ2) is 8.31. The number of likely N-dealkylation sites (N-methyl/N-ethyl adjacent to an activating group) is 1. The number of fused-ring (bicyclic) bond motifs is 1. The first-order chi connectivity index (χ1) is 13.0. The summed E-state index contributed by atoms with van der Waals surface area (Å²) in [7, 11) is 1.67. The van der Waals surface area contributed by atoms with E-state index in [0.29, 0.717) is 23.5 Å². The average molecular weight is 364 g/mol. The molecule has 0 aliphatic rings. The highest BCUT2D eigenvalue weighted by Gasteiger charge is 2.20. The summed E-state index contributed by atoms with van der Waals surface area (Å²) in [6.45, 7) is 2.00. The van der Waals surface area contributed by atoms with Crippen LogP contribution in [0.2, 0.25) is 0 Å². The first kappa shape index (κ1) is 18.4. The SMILES string of the molecule is C[C@H](OC(=O)/C=C/c1nc2ccccc2o1)C(=O)N(C)Cc1ccccc1. The maximum absolute atomic E-state index is 12.4. The van der Waals surface area contributed by atoms with Crippen molar-refractivity contribution in [2.75, 3.05) is 7.05 Å². The van der Waals surface area contributed by atoms with E-state index in [1.807, 2.05) is 48.5 Å². The summed E-state index contributed by atoms with van der Waals surface area (Å²) < 4.78 is 10.7. The smallest absolute Gasteiger partial charge is 0.331 e. The molecule has 1 atom stereocenters. The molecule has 0 unspecified atom stereocenters. The number of oxazole rings is 1. The molecule has 0 radical (unpaired) electrons. The number of hydrogen-bond donors (Lipinski definition) is 0. The Balaban J connectivity index is 1.55. The van der Waals surface area contributed by atoms with Gasteiger partial charge in [0.05, 0.1) is 0 Å². The van der Waals surface area contributed by atoms with Gasteiger partial charge in [-0.25, -0.2) is 9.78 Å². The fraction of sp³-hybridized carbons (Fsp3) is 0.190. The van der Waals surface area contributed by atoms with Crippen LogP contribution < -0.4 is 0 Å². The Morgan fingerprint density at radius 2 is 1.85 bits per heavy atom. The van der Waals surface area contributed by atoms with Gasteiger partial charge in [-0.3, -0.25) is 4.79 Å². The van der Waals surface area contributed by atoms with Gasteiger partial charge in [0.15, 0.2) is 11.7 Å². The maximum atomic E-state index is 12.4. The van der Waals surface area contributed by atoms with Crippen LogP contribution in [0.25, 0.3) is 17.2 Å². The van der Waals surface area contributed by atoms with Gasteiger partial charge in [0.2, 0.25) is 5.89 Å². The van der Waals surface area contributed by atoms with E-state index >= 15 is 0 Å². The van der Waals surface area contributed by atoms with Crippen molar-refractivity contribution in [1.82, 2.24) is 9.88 Å². The molecule has 1 amide bonds. The van der Waals surface area contributed by atoms with Crippen molar-refractivity contribution in [3.8, 4) is 0 Å². The number of nitrogens with zero attached hydrogens (tertiary/aromatic N) is 2. The topological polar surface area (TPSA) is 72.6 Å². The van der Waals surface area contributed by atoms with Gasteiger partial charge in [-0.2, -0.15) is 0 Å². The van der Waals surface area contributed by atoms with Crippen molar-refractivity contribution in [1.29, 1.82) is 0 Å². The molecule has 1 heterocycles. The minimum atomic E-state index is -0.889. The lowest BCUT2D eigenvalue weighted by Crippen LogP contribution is -2.36. The molecule has 0 aliphatic heterocycles. The zero-order chi connectivity index (χ0) is 19.2. The molecule has 138 valence electrons. The van der Waals surface area contributed by atoms with Gasteiger partial charge in [0, 0.05) is 25.7 Å². The third-order valence-corrected chi connectivity index (χ3v) is 3.95. The molecule has 0 N–H and O–H groups in total. The Bertz CT molecular complexity index is 929. The van der Waals surface area contributed by atoms with Gasteiger partial charge in [0.25, 0.3) is 5.91 Å². The van der Waals surface area contributed by atoms with E-state index in [-0.39, 0.29) is 5.91 Å². The van der Waals surface area contributed by atoms with Crippen molar-refractivity contribution < 1.29 is 18.7 Å². The van der Waals surface area contributed by atoms with Crippen LogP contribution in [0.3, 0.4) is 0 Å². The zero-order valence-electron chi connectivity index (χ0n) is 15.2. The molecule has 3 aromatic rings. The second-order valence-electron chi connectivity index (χ2n) is 6.11. The van der Waals surface area contributed by atoms with E-state index in [1.54, 1.807) is 20.0 Å². The number of amides is 1. The van der Waals surface area contributed by atoms with Gasteiger partial charge in [0.1, 0.15) is 5.52 Å². The molecule has 6 nitrogen and oxygen atoms in total. The summed E-state index contributed by atoms with van der Waals surface area (Å²) in [6.07, 6.45) is 1.73. The summed E-state index contributed by atoms with van der Waals surface area (Å²) in [5.41, 5.74) is 2.34. The van der Waals surface area contributed by atoms with E-state index in [4.69, 9.17) is 9.15 Å².